The van der Waals surface area contributed by atoms with E-state index in [1.807, 2.05) is 0 Å². The molecule has 0 aromatic heterocycles. The minimum absolute atomic E-state index is 0.451. The molecule has 0 aliphatic heterocycles. The monoisotopic (exact) mass is 100 g/mol. The number of rotatable bonds is 4. The fourth-order valence-corrected chi connectivity index (χ4v) is 0.173. The molecule has 0 aliphatic rings. The van der Waals surface area contributed by atoms with Crippen LogP contribution in [0, 0.1) is 0 Å². The van der Waals surface area contributed by atoms with Crippen LogP contribution in [-0.2, 0) is 4.79 Å². The minimum Gasteiger partial charge on any atom is -0.374 e. The normalized spacial score (nSPS) is 6.86. The van der Waals surface area contributed by atoms with Crippen LogP contribution in [0.4, 0.5) is 0 Å². The molecule has 0 radical (unpaired) electrons. The highest BCUT2D eigenvalue weighted by Gasteiger charge is 1.68. The second-order valence-corrected chi connectivity index (χ2v) is 0.907. The first-order chi connectivity index (χ1) is 3.41. The molecule has 3 nitrogen and oxygen atoms in total. The maximum absolute atomic E-state index is 9.49. The van der Waals surface area contributed by atoms with E-state index in [4.69, 9.17) is 0 Å². The summed E-state index contributed by atoms with van der Waals surface area (Å²) in [7, 11) is 0. The Morgan fingerprint density at radius 3 is 2.71 bits per heavy atom. The standard InChI is InChI=1S/C4H8N2O/c1-2-5-3-6-4-7/h2,4-5H,1,3H2,(H,6,7). The lowest BCUT2D eigenvalue weighted by Gasteiger charge is -1.93. The van der Waals surface area contributed by atoms with Gasteiger partial charge in [-0.15, -0.1) is 0 Å². The third-order valence-corrected chi connectivity index (χ3v) is 0.432. The molecule has 0 unspecified atom stereocenters. The van der Waals surface area contributed by atoms with Crippen molar-refractivity contribution in [3.63, 3.8) is 0 Å². The molecule has 0 aromatic rings. The van der Waals surface area contributed by atoms with Crippen LogP contribution in [0.25, 0.3) is 0 Å². The number of amides is 1. The Hall–Kier alpha value is -0.990. The molecule has 0 bridgehead atoms. The van der Waals surface area contributed by atoms with E-state index < -0.39 is 0 Å². The van der Waals surface area contributed by atoms with Gasteiger partial charge in [-0.3, -0.25) is 4.79 Å². The van der Waals surface area contributed by atoms with E-state index in [0.717, 1.165) is 0 Å². The van der Waals surface area contributed by atoms with Crippen molar-refractivity contribution in [2.75, 3.05) is 6.67 Å². The summed E-state index contributed by atoms with van der Waals surface area (Å²) in [5, 5.41) is 5.06. The van der Waals surface area contributed by atoms with E-state index in [1.165, 1.54) is 6.20 Å². The summed E-state index contributed by atoms with van der Waals surface area (Å²) in [5.41, 5.74) is 0. The maximum atomic E-state index is 9.49. The molecular formula is C4H8N2O. The predicted molar refractivity (Wildman–Crippen MR) is 27.4 cm³/mol. The topological polar surface area (TPSA) is 41.1 Å². The molecule has 0 aliphatic carbocycles. The lowest BCUT2D eigenvalue weighted by atomic mass is 10.9. The van der Waals surface area contributed by atoms with Crippen molar-refractivity contribution in [3.05, 3.63) is 12.8 Å². The molecule has 3 heteroatoms. The highest BCUT2D eigenvalue weighted by atomic mass is 16.1. The SMILES string of the molecule is C=CNCNC=O. The summed E-state index contributed by atoms with van der Waals surface area (Å²) in [5.74, 6) is 0. The van der Waals surface area contributed by atoms with Gasteiger partial charge in [-0.25, -0.2) is 0 Å². The van der Waals surface area contributed by atoms with Crippen LogP contribution in [0.3, 0.4) is 0 Å². The van der Waals surface area contributed by atoms with Gasteiger partial charge >= 0.3 is 0 Å². The molecule has 7 heavy (non-hydrogen) atoms. The van der Waals surface area contributed by atoms with Gasteiger partial charge < -0.3 is 10.6 Å². The molecular weight excluding hydrogens is 92.1 g/mol. The second kappa shape index (κ2) is 5.01. The quantitative estimate of drug-likeness (QED) is 0.282. The van der Waals surface area contributed by atoms with Crippen molar-refractivity contribution < 1.29 is 4.79 Å². The second-order valence-electron chi connectivity index (χ2n) is 0.907. The summed E-state index contributed by atoms with van der Waals surface area (Å²) in [6, 6.07) is 0. The Morgan fingerprint density at radius 2 is 2.29 bits per heavy atom. The van der Waals surface area contributed by atoms with Crippen molar-refractivity contribution in [2.24, 2.45) is 0 Å². The lowest BCUT2D eigenvalue weighted by Crippen LogP contribution is -2.23. The number of hydrogen-bond acceptors (Lipinski definition) is 2. The van der Waals surface area contributed by atoms with Gasteiger partial charge in [0.25, 0.3) is 0 Å². The van der Waals surface area contributed by atoms with Gasteiger partial charge in [0, 0.05) is 0 Å². The lowest BCUT2D eigenvalue weighted by molar-refractivity contribution is -0.109. The van der Waals surface area contributed by atoms with Crippen molar-refractivity contribution in [1.82, 2.24) is 10.6 Å². The molecule has 2 N–H and O–H groups in total. The zero-order chi connectivity index (χ0) is 5.54. The summed E-state index contributed by atoms with van der Waals surface area (Å²) in [6.45, 7) is 3.82. The molecule has 0 heterocycles. The number of carbonyl (C=O) groups is 1. The van der Waals surface area contributed by atoms with Crippen LogP contribution in [-0.4, -0.2) is 13.1 Å². The Morgan fingerprint density at radius 1 is 1.57 bits per heavy atom. The van der Waals surface area contributed by atoms with Crippen molar-refractivity contribution in [2.45, 2.75) is 0 Å². The summed E-state index contributed by atoms with van der Waals surface area (Å²) < 4.78 is 0. The van der Waals surface area contributed by atoms with Gasteiger partial charge in [0.15, 0.2) is 0 Å². The Labute approximate surface area is 42.4 Å². The Kier molecular flexibility index (Phi) is 4.30. The number of carbonyl (C=O) groups excluding carboxylic acids is 1. The van der Waals surface area contributed by atoms with Gasteiger partial charge in [-0.05, 0) is 6.20 Å². The van der Waals surface area contributed by atoms with Crippen LogP contribution < -0.4 is 10.6 Å². The molecule has 0 saturated heterocycles. The van der Waals surface area contributed by atoms with E-state index in [-0.39, 0.29) is 0 Å². The minimum atomic E-state index is 0.451. The van der Waals surface area contributed by atoms with E-state index >= 15 is 0 Å². The van der Waals surface area contributed by atoms with Gasteiger partial charge in [0.2, 0.25) is 6.41 Å². The smallest absolute Gasteiger partial charge is 0.208 e. The van der Waals surface area contributed by atoms with E-state index in [1.54, 1.807) is 0 Å². The first-order valence-corrected chi connectivity index (χ1v) is 1.93. The number of hydrogen-bond donors (Lipinski definition) is 2. The summed E-state index contributed by atoms with van der Waals surface area (Å²) in [4.78, 5) is 9.49. The Balaban J connectivity index is 2.68. The van der Waals surface area contributed by atoms with Gasteiger partial charge in [0.1, 0.15) is 0 Å². The number of nitrogens with one attached hydrogen (secondary N) is 2. The molecule has 0 aromatic carbocycles. The average Bonchev–Trinajstić information content (AvgIpc) is 1.69. The highest BCUT2D eigenvalue weighted by Crippen LogP contribution is 1.45. The van der Waals surface area contributed by atoms with E-state index in [2.05, 4.69) is 17.2 Å². The van der Waals surface area contributed by atoms with Crippen LogP contribution in [0.1, 0.15) is 0 Å². The summed E-state index contributed by atoms with van der Waals surface area (Å²) in [6.07, 6.45) is 2.13. The van der Waals surface area contributed by atoms with E-state index in [0.29, 0.717) is 13.1 Å². The largest absolute Gasteiger partial charge is 0.374 e. The average molecular weight is 100 g/mol. The third kappa shape index (κ3) is 5.01. The fourth-order valence-electron chi connectivity index (χ4n) is 0.173. The van der Waals surface area contributed by atoms with Crippen LogP contribution in [0.2, 0.25) is 0 Å². The zero-order valence-corrected chi connectivity index (χ0v) is 3.98. The van der Waals surface area contributed by atoms with Gasteiger partial charge in [-0.1, -0.05) is 6.58 Å². The van der Waals surface area contributed by atoms with Crippen molar-refractivity contribution in [1.29, 1.82) is 0 Å². The molecule has 0 saturated carbocycles. The van der Waals surface area contributed by atoms with Crippen molar-refractivity contribution >= 4 is 6.41 Å². The third-order valence-electron chi connectivity index (χ3n) is 0.432. The van der Waals surface area contributed by atoms with E-state index in [9.17, 15) is 4.79 Å². The molecule has 0 spiro atoms. The highest BCUT2D eigenvalue weighted by molar-refractivity contribution is 5.45. The zero-order valence-electron chi connectivity index (χ0n) is 3.98. The molecule has 0 fully saturated rings. The first kappa shape index (κ1) is 6.01. The predicted octanol–water partition coefficient (Wildman–Crippen LogP) is -0.577. The maximum Gasteiger partial charge on any atom is 0.208 e. The molecule has 0 rings (SSSR count). The van der Waals surface area contributed by atoms with Crippen LogP contribution in [0.15, 0.2) is 12.8 Å². The fraction of sp³-hybridized carbons (Fsp3) is 0.250. The first-order valence-electron chi connectivity index (χ1n) is 1.93. The van der Waals surface area contributed by atoms with Gasteiger partial charge in [-0.2, -0.15) is 0 Å². The van der Waals surface area contributed by atoms with Gasteiger partial charge in [0.05, 0.1) is 6.67 Å². The summed E-state index contributed by atoms with van der Waals surface area (Å²) >= 11 is 0. The molecule has 40 valence electrons. The molecule has 1 amide bonds. The van der Waals surface area contributed by atoms with Crippen LogP contribution >= 0.6 is 0 Å². The molecule has 0 atom stereocenters. The Bertz CT molecular complexity index is 54.7. The van der Waals surface area contributed by atoms with Crippen LogP contribution in [0.5, 0.6) is 0 Å². The van der Waals surface area contributed by atoms with Crippen molar-refractivity contribution in [3.8, 4) is 0 Å².